The molecule has 1 amide bonds. The molecule has 5 fully saturated rings. The Balaban J connectivity index is 0.000000335. The van der Waals surface area contributed by atoms with Gasteiger partial charge in [-0.15, -0.1) is 0 Å². The van der Waals surface area contributed by atoms with Crippen molar-refractivity contribution in [2.45, 2.75) is 69.9 Å². The maximum absolute atomic E-state index is 13.1. The smallest absolute Gasteiger partial charge is 0.870 e. The van der Waals surface area contributed by atoms with E-state index < -0.39 is 73.0 Å². The van der Waals surface area contributed by atoms with Crippen LogP contribution in [0.4, 0.5) is 0 Å². The van der Waals surface area contributed by atoms with Crippen molar-refractivity contribution in [3.05, 3.63) is 223 Å². The Hall–Kier alpha value is -7.91. The van der Waals surface area contributed by atoms with Gasteiger partial charge in [0.1, 0.15) is 53.2 Å². The van der Waals surface area contributed by atoms with E-state index in [1.165, 1.54) is 128 Å². The minimum Gasteiger partial charge on any atom is -0.870 e. The van der Waals surface area contributed by atoms with Gasteiger partial charge in [-0.25, -0.2) is 56.5 Å². The fourth-order valence-corrected chi connectivity index (χ4v) is 20.6. The van der Waals surface area contributed by atoms with Gasteiger partial charge in [0.2, 0.25) is 40.1 Å². The Morgan fingerprint density at radius 3 is 1.02 bits per heavy atom. The van der Waals surface area contributed by atoms with Crippen LogP contribution in [0.5, 0.6) is 28.7 Å². The number of amides is 1. The molecule has 3 radical (unpaired) electrons. The van der Waals surface area contributed by atoms with Crippen molar-refractivity contribution < 1.29 is 158 Å². The number of morpholine rings is 5. The van der Waals surface area contributed by atoms with E-state index in [-0.39, 0.29) is 171 Å². The van der Waals surface area contributed by atoms with Crippen molar-refractivity contribution in [2.24, 2.45) is 5.73 Å². The number of aromatic carboxylic acids is 1. The van der Waals surface area contributed by atoms with Gasteiger partial charge in [0.25, 0.3) is 15.0 Å². The van der Waals surface area contributed by atoms with E-state index in [9.17, 15) is 61.3 Å². The van der Waals surface area contributed by atoms with E-state index >= 15 is 0 Å². The fourth-order valence-electron chi connectivity index (χ4n) is 12.6. The SMILES string of the molecule is C1COCCN1.COC(=O)c1ccc(OC)c(S(=O)(=O)Cl)c1.COC(=O)c1ccc(OC)c(S(=O)(=O)N2CCOCC2)c1.COc1ccc(C(=O)NC(C)c2cccc(Cl)c2)cc1S(=O)(=O)N1CCOCC1.COc1ccc(C(=O)O)cc1S(=O)(=O)N1CCOCC1.COc1ccc(CNC(C)c2cccc(Cl)c2)cc1S(=O)(=O)N1CCOCC1.C[C@@H](N)c1cccc(Cl)c1.[B].[Na+].[OH-]. The molecule has 47 heteroatoms. The summed E-state index contributed by atoms with van der Waals surface area (Å²) in [6.07, 6.45) is 0. The Labute approximate surface area is 820 Å². The third-order valence-corrected chi connectivity index (χ3v) is 29.5. The van der Waals surface area contributed by atoms with Gasteiger partial charge < -0.3 is 89.1 Å². The second-order valence-electron chi connectivity index (χ2n) is 28.4. The van der Waals surface area contributed by atoms with Crippen molar-refractivity contribution in [1.29, 1.82) is 0 Å². The Morgan fingerprint density at radius 1 is 0.414 bits per heavy atom. The van der Waals surface area contributed by atoms with E-state index in [0.717, 1.165) is 65.7 Å². The number of carbonyl (C=O) groups excluding carboxylic acids is 3. The third kappa shape index (κ3) is 34.9. The van der Waals surface area contributed by atoms with E-state index in [1.54, 1.807) is 30.3 Å². The second kappa shape index (κ2) is 57.3. The molecule has 5 aliphatic heterocycles. The summed E-state index contributed by atoms with van der Waals surface area (Å²) in [4.78, 5) is 46.2. The number of methoxy groups -OCH3 is 7. The number of nitrogens with one attached hydrogen (secondary N) is 3. The maximum atomic E-state index is 13.1. The summed E-state index contributed by atoms with van der Waals surface area (Å²) in [5.74, 6) is -1.91. The van der Waals surface area contributed by atoms with Crippen LogP contribution < -0.4 is 74.9 Å². The molecule has 2 unspecified atom stereocenters. The number of carboxylic acids is 1. The van der Waals surface area contributed by atoms with E-state index in [0.29, 0.717) is 88.3 Å². The first-order valence-electron chi connectivity index (χ1n) is 40.2. The van der Waals surface area contributed by atoms with Crippen LogP contribution in [0.15, 0.2) is 188 Å². The molecule has 5 heterocycles. The van der Waals surface area contributed by atoms with Crippen molar-refractivity contribution >= 4 is 127 Å². The number of hydrogen-bond acceptors (Lipinski definition) is 30. The molecule has 7 N–H and O–H groups in total. The number of nitrogens with zero attached hydrogens (tertiary/aromatic N) is 4. The van der Waals surface area contributed by atoms with Gasteiger partial charge in [-0.2, -0.15) is 17.2 Å². The summed E-state index contributed by atoms with van der Waals surface area (Å²) in [7, 11) is -4.43. The summed E-state index contributed by atoms with van der Waals surface area (Å²) in [5.41, 5.74) is 9.85. The molecule has 723 valence electrons. The summed E-state index contributed by atoms with van der Waals surface area (Å²) in [6.45, 7) is 15.2. The number of benzene rings is 8. The standard InChI is InChI=1S/C20H23ClN2O5S.C20H25ClN2O4S.C13H17NO6S.C12H15NO6S.C9H9ClO5S.C8H10ClN.C4H9NO.B.Na.H2O/c1-14(15-4-3-5-17(21)12-15)22-20(24)16-6-7-18(27-2)19(13-16)29(25,26)23-8-10-28-11-9-23;1-15(17-4-3-5-18(21)13-17)22-14-16-6-7-19(26-2)20(12-16)28(24,25)23-8-10-27-11-9-23;1-18-11-4-3-10(13(15)19-2)9-12(11)21(16,17)14-5-7-20-8-6-14;1-18-10-3-2-9(12(14)15)8-11(10)20(16,17)13-4-6-19-7-5-13;1-14-7-4-3-6(9(11)15-2)5-8(7)16(10,12)13;1-6(10)7-3-2-4-8(9)5-7;1-3-6-4-2-5-1;;;/h3-7,12-14H,8-11H2,1-2H3,(H,22,24);3-7,12-13,15,22H,8-11,14H2,1-2H3;3-4,9H,5-8H2,1-2H3;2-3,8H,4-7H2,1H3,(H,14,15);3-5H,1-2H3;2-6H,10H2,1H3;5H,1-4H2;;;1H2/q;;;;;;;;+1;/p-1/t;;;;;6-;;;;/m.....1..../s1. The van der Waals surface area contributed by atoms with Crippen LogP contribution in [0, 0.1) is 0 Å². The van der Waals surface area contributed by atoms with Gasteiger partial charge in [-0.05, 0) is 164 Å². The van der Waals surface area contributed by atoms with Gasteiger partial charge in [-0.1, -0.05) is 77.3 Å². The van der Waals surface area contributed by atoms with Gasteiger partial charge in [0, 0.05) is 124 Å². The average molecular weight is 2040 g/mol. The first kappa shape index (κ1) is 117. The third-order valence-electron chi connectivity index (χ3n) is 19.7. The molecular weight excluding hydrogens is 1930 g/mol. The summed E-state index contributed by atoms with van der Waals surface area (Å²) in [6, 6.07) is 43.7. The molecule has 133 heavy (non-hydrogen) atoms. The maximum Gasteiger partial charge on any atom is 1.00 e. The fraction of sp³-hybridized carbons (Fsp3) is 0.395. The van der Waals surface area contributed by atoms with Gasteiger partial charge in [0.15, 0.2) is 0 Å². The van der Waals surface area contributed by atoms with Crippen LogP contribution >= 0.6 is 45.5 Å². The normalized spacial score (nSPS) is 15.6. The molecule has 0 saturated carbocycles. The number of rotatable bonds is 25. The Bertz CT molecular complexity index is 5700. The predicted octanol–water partition coefficient (Wildman–Crippen LogP) is 6.82. The van der Waals surface area contributed by atoms with Crippen LogP contribution in [0.2, 0.25) is 15.1 Å². The number of halogens is 4. The summed E-state index contributed by atoms with van der Waals surface area (Å²) < 4.78 is 191. The molecular formula is C86H109BCl4N8NaO28S5. The molecule has 0 aromatic heterocycles. The minimum atomic E-state index is -3.97. The number of hydrogen-bond donors (Lipinski definition) is 5. The molecule has 36 nitrogen and oxygen atoms in total. The monoisotopic (exact) mass is 2040 g/mol. The van der Waals surface area contributed by atoms with Crippen LogP contribution in [0.1, 0.15) is 103 Å². The number of carboxylic acid groups (broad SMARTS) is 1. The van der Waals surface area contributed by atoms with Gasteiger partial charge in [0.05, 0.1) is 139 Å². The Morgan fingerprint density at radius 2 is 0.707 bits per heavy atom. The zero-order valence-corrected chi connectivity index (χ0v) is 84.3. The Kier molecular flexibility index (Phi) is 50.6. The molecule has 8 aromatic carbocycles. The van der Waals surface area contributed by atoms with E-state index in [1.807, 2.05) is 81.4 Å². The number of esters is 2. The average Bonchev–Trinajstić information content (AvgIpc) is 0.806. The van der Waals surface area contributed by atoms with Gasteiger partial charge in [-0.3, -0.25) is 4.79 Å². The largest absolute Gasteiger partial charge is 1.00 e. The van der Waals surface area contributed by atoms with E-state index in [4.69, 9.17) is 104 Å². The van der Waals surface area contributed by atoms with Crippen LogP contribution in [-0.2, 0) is 88.8 Å². The zero-order chi connectivity index (χ0) is 95.5. The molecule has 3 atom stereocenters. The number of ether oxygens (including phenoxy) is 12. The van der Waals surface area contributed by atoms with Crippen molar-refractivity contribution in [2.75, 3.05) is 181 Å². The van der Waals surface area contributed by atoms with Crippen LogP contribution in [0.25, 0.3) is 0 Å². The molecule has 0 aliphatic carbocycles. The minimum absolute atomic E-state index is 0. The number of sulfonamides is 4. The van der Waals surface area contributed by atoms with Crippen LogP contribution in [-0.4, -0.2) is 283 Å². The first-order valence-corrected chi connectivity index (χ1v) is 49.4. The molecule has 0 bridgehead atoms. The quantitative estimate of drug-likeness (QED) is 0.0222. The van der Waals surface area contributed by atoms with E-state index in [2.05, 4.69) is 25.4 Å². The summed E-state index contributed by atoms with van der Waals surface area (Å²) >= 11 is 17.8. The van der Waals surface area contributed by atoms with Crippen molar-refractivity contribution in [3.8, 4) is 28.7 Å². The molecule has 5 saturated heterocycles. The van der Waals surface area contributed by atoms with Crippen molar-refractivity contribution in [3.63, 3.8) is 0 Å². The first-order chi connectivity index (χ1) is 61.8. The molecule has 5 aliphatic rings. The topological polar surface area (TPSA) is 475 Å². The second-order valence-corrected chi connectivity index (χ2v) is 39.8. The molecule has 0 spiro atoms. The molecule has 13 rings (SSSR count). The van der Waals surface area contributed by atoms with Crippen molar-refractivity contribution in [1.82, 2.24) is 33.2 Å². The predicted molar refractivity (Wildman–Crippen MR) is 495 cm³/mol. The molecule has 8 aromatic rings. The zero-order valence-electron chi connectivity index (χ0n) is 75.2. The number of nitrogens with two attached hydrogens (primary N) is 1. The van der Waals surface area contributed by atoms with Gasteiger partial charge >= 0.3 is 47.5 Å². The van der Waals surface area contributed by atoms with Crippen LogP contribution in [0.3, 0.4) is 0 Å². The number of carbonyl (C=O) groups is 4. The summed E-state index contributed by atoms with van der Waals surface area (Å²) in [5, 5.41) is 20.4.